The first-order valence-electron chi connectivity index (χ1n) is 12.0. The van der Waals surface area contributed by atoms with Gasteiger partial charge in [0.2, 0.25) is 0 Å². The molecule has 1 saturated carbocycles. The molecule has 0 aromatic heterocycles. The van der Waals surface area contributed by atoms with Gasteiger partial charge in [-0.05, 0) is 56.1 Å². The van der Waals surface area contributed by atoms with Crippen LogP contribution in [0.15, 0.2) is 42.5 Å². The average Bonchev–Trinajstić information content (AvgIpc) is 2.95. The summed E-state index contributed by atoms with van der Waals surface area (Å²) in [6, 6.07) is 9.38. The fourth-order valence-electron chi connectivity index (χ4n) is 5.13. The number of carboxylic acids is 1. The Hall–Kier alpha value is -1.89. The number of hydrogen-bond acceptors (Lipinski definition) is 5. The van der Waals surface area contributed by atoms with Gasteiger partial charge in [-0.2, -0.15) is 0 Å². The molecule has 2 aliphatic rings. The number of hydrogen-bond donors (Lipinski definition) is 3. The van der Waals surface area contributed by atoms with Crippen LogP contribution in [0.5, 0.6) is 5.75 Å². The first-order valence-corrected chi connectivity index (χ1v) is 12.0. The largest absolute Gasteiger partial charge is 0.491 e. The number of aliphatic hydroxyl groups excluding tert-OH is 2. The number of benzene rings is 1. The molecule has 1 aromatic carbocycles. The van der Waals surface area contributed by atoms with E-state index in [0.717, 1.165) is 32.1 Å². The first kappa shape index (κ1) is 24.7. The maximum absolute atomic E-state index is 11.4. The summed E-state index contributed by atoms with van der Waals surface area (Å²) in [5, 5.41) is 30.3. The molecule has 1 saturated heterocycles. The van der Waals surface area contributed by atoms with Crippen molar-refractivity contribution in [2.24, 2.45) is 23.7 Å². The van der Waals surface area contributed by atoms with E-state index >= 15 is 0 Å². The van der Waals surface area contributed by atoms with Crippen LogP contribution in [0, 0.1) is 23.7 Å². The summed E-state index contributed by atoms with van der Waals surface area (Å²) in [7, 11) is 0. The van der Waals surface area contributed by atoms with Crippen molar-refractivity contribution in [2.45, 2.75) is 70.2 Å². The zero-order chi connectivity index (χ0) is 22.9. The summed E-state index contributed by atoms with van der Waals surface area (Å²) < 4.78 is 11.8. The molecule has 3 N–H and O–H groups in total. The summed E-state index contributed by atoms with van der Waals surface area (Å²) in [6.45, 7) is 2.82. The van der Waals surface area contributed by atoms with E-state index in [4.69, 9.17) is 9.47 Å². The summed E-state index contributed by atoms with van der Waals surface area (Å²) >= 11 is 0. The van der Waals surface area contributed by atoms with Crippen molar-refractivity contribution in [3.63, 3.8) is 0 Å². The zero-order valence-electron chi connectivity index (χ0n) is 19.0. The highest BCUT2D eigenvalue weighted by Gasteiger charge is 2.43. The Labute approximate surface area is 191 Å². The van der Waals surface area contributed by atoms with Crippen LogP contribution in [0.25, 0.3) is 0 Å². The molecular formula is C26H38O6. The van der Waals surface area contributed by atoms with Crippen LogP contribution in [-0.2, 0) is 9.53 Å². The van der Waals surface area contributed by atoms with E-state index in [-0.39, 0.29) is 30.5 Å². The van der Waals surface area contributed by atoms with Crippen LogP contribution in [0.1, 0.15) is 51.9 Å². The van der Waals surface area contributed by atoms with E-state index in [9.17, 15) is 20.1 Å². The van der Waals surface area contributed by atoms with Crippen LogP contribution in [-0.4, -0.2) is 52.8 Å². The molecular weight excluding hydrogens is 408 g/mol. The van der Waals surface area contributed by atoms with Gasteiger partial charge in [-0.15, -0.1) is 0 Å². The Bertz CT molecular complexity index is 720. The minimum atomic E-state index is -0.743. The van der Waals surface area contributed by atoms with Gasteiger partial charge in [0, 0.05) is 18.9 Å². The van der Waals surface area contributed by atoms with E-state index in [1.807, 2.05) is 43.3 Å². The van der Waals surface area contributed by atoms with E-state index in [2.05, 4.69) is 0 Å². The SMILES string of the molecule is CCCC(CC[C@H]1CC[C@@H]2[C@@H](/C=C/[C@@H](O)COc3ccccc3)[C@H](O)C[C@@H]2OC1)C(=O)O. The van der Waals surface area contributed by atoms with Crippen molar-refractivity contribution in [1.82, 2.24) is 0 Å². The summed E-state index contributed by atoms with van der Waals surface area (Å²) in [6.07, 6.45) is 8.18. The number of fused-ring (bicyclic) bond motifs is 1. The highest BCUT2D eigenvalue weighted by molar-refractivity contribution is 5.69. The molecule has 178 valence electrons. The molecule has 3 rings (SSSR count). The predicted molar refractivity (Wildman–Crippen MR) is 122 cm³/mol. The van der Waals surface area contributed by atoms with Gasteiger partial charge in [0.05, 0.1) is 18.1 Å². The predicted octanol–water partition coefficient (Wildman–Crippen LogP) is 4.06. The minimum Gasteiger partial charge on any atom is -0.491 e. The maximum atomic E-state index is 11.4. The van der Waals surface area contributed by atoms with Gasteiger partial charge in [0.1, 0.15) is 18.5 Å². The van der Waals surface area contributed by atoms with E-state index in [0.29, 0.717) is 31.1 Å². The number of rotatable bonds is 11. The zero-order valence-corrected chi connectivity index (χ0v) is 19.0. The van der Waals surface area contributed by atoms with Crippen LogP contribution >= 0.6 is 0 Å². The molecule has 1 aliphatic carbocycles. The lowest BCUT2D eigenvalue weighted by Crippen LogP contribution is -2.22. The number of para-hydroxylation sites is 1. The maximum Gasteiger partial charge on any atom is 0.306 e. The minimum absolute atomic E-state index is 0.0216. The molecule has 32 heavy (non-hydrogen) atoms. The Morgan fingerprint density at radius 1 is 1.25 bits per heavy atom. The number of aliphatic carboxylic acids is 1. The van der Waals surface area contributed by atoms with Crippen molar-refractivity contribution in [3.05, 3.63) is 42.5 Å². The van der Waals surface area contributed by atoms with Gasteiger partial charge in [-0.1, -0.05) is 43.7 Å². The van der Waals surface area contributed by atoms with Gasteiger partial charge >= 0.3 is 5.97 Å². The Balaban J connectivity index is 1.49. The number of carboxylic acid groups (broad SMARTS) is 1. The van der Waals surface area contributed by atoms with Crippen molar-refractivity contribution < 1.29 is 29.6 Å². The molecule has 0 radical (unpaired) electrons. The Morgan fingerprint density at radius 2 is 2.03 bits per heavy atom. The standard InChI is InChI=1S/C26H38O6/c1-2-6-19(26(29)30)11-9-18-10-13-23-22(24(28)15-25(23)32-16-18)14-12-20(27)17-31-21-7-4-3-5-8-21/h3-5,7-8,12,14,18-20,22-25,27-28H,2,6,9-11,13,15-17H2,1H3,(H,29,30)/b14-12+/t18-,19?,20+,22+,23+,24+,25-/m0/s1. The lowest BCUT2D eigenvalue weighted by Gasteiger charge is -2.21. The summed E-state index contributed by atoms with van der Waals surface area (Å²) in [5.41, 5.74) is 0. The smallest absolute Gasteiger partial charge is 0.306 e. The van der Waals surface area contributed by atoms with Gasteiger partial charge in [0.25, 0.3) is 0 Å². The van der Waals surface area contributed by atoms with Crippen molar-refractivity contribution in [1.29, 1.82) is 0 Å². The topological polar surface area (TPSA) is 96.2 Å². The Kier molecular flexibility index (Phi) is 9.57. The summed E-state index contributed by atoms with van der Waals surface area (Å²) in [5.74, 6) is 0.303. The second-order valence-corrected chi connectivity index (χ2v) is 9.34. The van der Waals surface area contributed by atoms with E-state index in [1.54, 1.807) is 6.08 Å². The molecule has 1 aliphatic heterocycles. The molecule has 0 amide bonds. The molecule has 6 nitrogen and oxygen atoms in total. The number of ether oxygens (including phenoxy) is 2. The molecule has 1 heterocycles. The van der Waals surface area contributed by atoms with Crippen LogP contribution in [0.2, 0.25) is 0 Å². The van der Waals surface area contributed by atoms with Gasteiger partial charge in [0.15, 0.2) is 0 Å². The highest BCUT2D eigenvalue weighted by Crippen LogP contribution is 2.42. The third-order valence-electron chi connectivity index (χ3n) is 6.97. The third-order valence-corrected chi connectivity index (χ3v) is 6.97. The normalized spacial score (nSPS) is 29.9. The first-order chi connectivity index (χ1) is 15.5. The molecule has 2 fully saturated rings. The molecule has 1 unspecified atom stereocenters. The van der Waals surface area contributed by atoms with Crippen LogP contribution in [0.4, 0.5) is 0 Å². The lowest BCUT2D eigenvalue weighted by molar-refractivity contribution is -0.142. The van der Waals surface area contributed by atoms with Crippen molar-refractivity contribution >= 4 is 5.97 Å². The molecule has 0 bridgehead atoms. The molecule has 7 atom stereocenters. The van der Waals surface area contributed by atoms with Crippen molar-refractivity contribution in [2.75, 3.05) is 13.2 Å². The fourth-order valence-corrected chi connectivity index (χ4v) is 5.13. The second-order valence-electron chi connectivity index (χ2n) is 9.34. The lowest BCUT2D eigenvalue weighted by atomic mass is 9.85. The van der Waals surface area contributed by atoms with Gasteiger partial charge < -0.3 is 24.8 Å². The number of aliphatic hydroxyl groups is 2. The number of carbonyl (C=O) groups is 1. The fraction of sp³-hybridized carbons (Fsp3) is 0.654. The molecule has 6 heteroatoms. The summed E-state index contributed by atoms with van der Waals surface area (Å²) in [4.78, 5) is 11.4. The van der Waals surface area contributed by atoms with Crippen LogP contribution < -0.4 is 4.74 Å². The molecule has 0 spiro atoms. The van der Waals surface area contributed by atoms with Gasteiger partial charge in [-0.3, -0.25) is 4.79 Å². The second kappa shape index (κ2) is 12.4. The molecule has 1 aromatic rings. The third kappa shape index (κ3) is 7.06. The quantitative estimate of drug-likeness (QED) is 0.444. The average molecular weight is 447 g/mol. The monoisotopic (exact) mass is 446 g/mol. The van der Waals surface area contributed by atoms with E-state index in [1.165, 1.54) is 0 Å². The van der Waals surface area contributed by atoms with Gasteiger partial charge in [-0.25, -0.2) is 0 Å². The Morgan fingerprint density at radius 3 is 2.75 bits per heavy atom. The van der Waals surface area contributed by atoms with E-state index < -0.39 is 18.2 Å². The highest BCUT2D eigenvalue weighted by atomic mass is 16.5. The van der Waals surface area contributed by atoms with Crippen molar-refractivity contribution in [3.8, 4) is 5.75 Å². The van der Waals surface area contributed by atoms with Crippen LogP contribution in [0.3, 0.4) is 0 Å².